The molecule has 126 valence electrons. The normalized spacial score (nSPS) is 22.3. The van der Waals surface area contributed by atoms with Gasteiger partial charge in [0.2, 0.25) is 11.8 Å². The van der Waals surface area contributed by atoms with E-state index in [1.165, 1.54) is 19.3 Å². The highest BCUT2D eigenvalue weighted by atomic mass is 16.3. The van der Waals surface area contributed by atoms with Gasteiger partial charge in [0.1, 0.15) is 6.61 Å². The van der Waals surface area contributed by atoms with Crippen molar-refractivity contribution in [2.24, 2.45) is 5.92 Å². The van der Waals surface area contributed by atoms with Crippen LogP contribution in [0.15, 0.2) is 0 Å². The van der Waals surface area contributed by atoms with Crippen LogP contribution in [0.3, 0.4) is 0 Å². The van der Waals surface area contributed by atoms with Crippen molar-refractivity contribution in [2.45, 2.75) is 32.6 Å². The van der Waals surface area contributed by atoms with E-state index in [1.807, 2.05) is 11.8 Å². The number of aliphatic hydroxyl groups is 1. The number of rotatable bonds is 4. The highest BCUT2D eigenvalue weighted by Crippen LogP contribution is 2.14. The topological polar surface area (TPSA) is 64.1 Å². The van der Waals surface area contributed by atoms with Gasteiger partial charge >= 0.3 is 0 Å². The van der Waals surface area contributed by atoms with Crippen molar-refractivity contribution < 1.29 is 14.7 Å². The first-order chi connectivity index (χ1) is 10.6. The van der Waals surface area contributed by atoms with E-state index in [9.17, 15) is 9.59 Å². The fourth-order valence-electron chi connectivity index (χ4n) is 3.41. The quantitative estimate of drug-likeness (QED) is 0.803. The molecule has 6 nitrogen and oxygen atoms in total. The Kier molecular flexibility index (Phi) is 6.64. The molecule has 1 unspecified atom stereocenters. The number of amides is 2. The number of aliphatic hydroxyl groups excluding tert-OH is 1. The molecule has 2 rings (SSSR count). The molecule has 2 saturated heterocycles. The summed E-state index contributed by atoms with van der Waals surface area (Å²) in [4.78, 5) is 30.1. The van der Waals surface area contributed by atoms with Crippen LogP contribution in [0, 0.1) is 5.92 Å². The van der Waals surface area contributed by atoms with Gasteiger partial charge in [-0.05, 0) is 32.4 Å². The van der Waals surface area contributed by atoms with E-state index in [4.69, 9.17) is 5.11 Å². The molecule has 2 fully saturated rings. The largest absolute Gasteiger partial charge is 0.387 e. The molecule has 0 radical (unpaired) electrons. The summed E-state index contributed by atoms with van der Waals surface area (Å²) in [5.74, 6) is -0.0299. The van der Waals surface area contributed by atoms with Gasteiger partial charge in [-0.15, -0.1) is 0 Å². The first-order valence-corrected chi connectivity index (χ1v) is 8.51. The van der Waals surface area contributed by atoms with E-state index >= 15 is 0 Å². The predicted molar refractivity (Wildman–Crippen MR) is 84.3 cm³/mol. The third kappa shape index (κ3) is 4.68. The van der Waals surface area contributed by atoms with Crippen LogP contribution in [0.5, 0.6) is 0 Å². The number of carbonyl (C=O) groups is 2. The molecule has 6 heteroatoms. The highest BCUT2D eigenvalue weighted by molar-refractivity contribution is 5.79. The second-order valence-electron chi connectivity index (χ2n) is 6.48. The van der Waals surface area contributed by atoms with Gasteiger partial charge < -0.3 is 19.8 Å². The van der Waals surface area contributed by atoms with Crippen LogP contribution in [-0.4, -0.2) is 84.0 Å². The SMILES string of the molecule is CC(CN1CCCCC1)C(=O)N1CCCN(C(=O)CO)CC1. The average Bonchev–Trinajstić information content (AvgIpc) is 2.80. The standard InChI is InChI=1S/C16H29N3O3/c1-14(12-17-6-3-2-4-7-17)16(22)19-9-5-8-18(10-11-19)15(21)13-20/h14,20H,2-13H2,1H3. The molecule has 2 aliphatic heterocycles. The Labute approximate surface area is 133 Å². The molecule has 0 saturated carbocycles. The van der Waals surface area contributed by atoms with Gasteiger partial charge in [-0.25, -0.2) is 0 Å². The van der Waals surface area contributed by atoms with Crippen molar-refractivity contribution in [3.05, 3.63) is 0 Å². The summed E-state index contributed by atoms with van der Waals surface area (Å²) in [7, 11) is 0. The maximum Gasteiger partial charge on any atom is 0.248 e. The van der Waals surface area contributed by atoms with Gasteiger partial charge in [0.05, 0.1) is 0 Å². The molecule has 1 atom stereocenters. The Bertz CT molecular complexity index is 383. The number of nitrogens with zero attached hydrogens (tertiary/aromatic N) is 3. The minimum absolute atomic E-state index is 0.0122. The molecular formula is C16H29N3O3. The van der Waals surface area contributed by atoms with Crippen LogP contribution in [0.2, 0.25) is 0 Å². The van der Waals surface area contributed by atoms with Crippen molar-refractivity contribution in [1.82, 2.24) is 14.7 Å². The number of piperidine rings is 1. The average molecular weight is 311 g/mol. The number of likely N-dealkylation sites (tertiary alicyclic amines) is 1. The lowest BCUT2D eigenvalue weighted by molar-refractivity contribution is -0.137. The van der Waals surface area contributed by atoms with Gasteiger partial charge in [0, 0.05) is 38.6 Å². The fourth-order valence-corrected chi connectivity index (χ4v) is 3.41. The first-order valence-electron chi connectivity index (χ1n) is 8.51. The second-order valence-corrected chi connectivity index (χ2v) is 6.48. The Morgan fingerprint density at radius 3 is 2.23 bits per heavy atom. The molecule has 0 aliphatic carbocycles. The number of hydrogen-bond donors (Lipinski definition) is 1. The summed E-state index contributed by atoms with van der Waals surface area (Å²) in [6.07, 6.45) is 4.57. The molecule has 2 heterocycles. The molecule has 0 aromatic rings. The van der Waals surface area contributed by atoms with Gasteiger partial charge in [0.25, 0.3) is 0 Å². The molecule has 0 bridgehead atoms. The molecule has 0 aromatic heterocycles. The van der Waals surface area contributed by atoms with Crippen molar-refractivity contribution >= 4 is 11.8 Å². The van der Waals surface area contributed by atoms with Gasteiger partial charge in [-0.2, -0.15) is 0 Å². The lowest BCUT2D eigenvalue weighted by atomic mass is 10.1. The molecular weight excluding hydrogens is 282 g/mol. The maximum atomic E-state index is 12.6. The van der Waals surface area contributed by atoms with Gasteiger partial charge in [-0.1, -0.05) is 13.3 Å². The zero-order chi connectivity index (χ0) is 15.9. The van der Waals surface area contributed by atoms with Crippen molar-refractivity contribution in [3.8, 4) is 0 Å². The monoisotopic (exact) mass is 311 g/mol. The highest BCUT2D eigenvalue weighted by Gasteiger charge is 2.26. The van der Waals surface area contributed by atoms with Crippen LogP contribution in [0.25, 0.3) is 0 Å². The minimum atomic E-state index is -0.445. The fraction of sp³-hybridized carbons (Fsp3) is 0.875. The van der Waals surface area contributed by atoms with E-state index in [0.717, 1.165) is 26.1 Å². The first kappa shape index (κ1) is 17.2. The third-order valence-corrected chi connectivity index (χ3v) is 4.70. The summed E-state index contributed by atoms with van der Waals surface area (Å²) >= 11 is 0. The Morgan fingerprint density at radius 1 is 0.909 bits per heavy atom. The van der Waals surface area contributed by atoms with Gasteiger partial charge in [0.15, 0.2) is 0 Å². The van der Waals surface area contributed by atoms with Crippen LogP contribution in [0.1, 0.15) is 32.6 Å². The number of hydrogen-bond acceptors (Lipinski definition) is 4. The summed E-state index contributed by atoms with van der Waals surface area (Å²) in [5.41, 5.74) is 0. The van der Waals surface area contributed by atoms with E-state index in [0.29, 0.717) is 26.2 Å². The van der Waals surface area contributed by atoms with Crippen molar-refractivity contribution in [2.75, 3.05) is 52.4 Å². The molecule has 0 aromatic carbocycles. The third-order valence-electron chi connectivity index (χ3n) is 4.70. The lowest BCUT2D eigenvalue weighted by Crippen LogP contribution is -2.43. The van der Waals surface area contributed by atoms with Crippen LogP contribution < -0.4 is 0 Å². The summed E-state index contributed by atoms with van der Waals surface area (Å²) < 4.78 is 0. The molecule has 1 N–H and O–H groups in total. The number of carbonyl (C=O) groups excluding carboxylic acids is 2. The Morgan fingerprint density at radius 2 is 1.55 bits per heavy atom. The second kappa shape index (κ2) is 8.48. The zero-order valence-electron chi connectivity index (χ0n) is 13.7. The summed E-state index contributed by atoms with van der Waals surface area (Å²) in [5, 5.41) is 8.95. The molecule has 0 spiro atoms. The van der Waals surface area contributed by atoms with Gasteiger partial charge in [-0.3, -0.25) is 9.59 Å². The van der Waals surface area contributed by atoms with E-state index < -0.39 is 6.61 Å². The lowest BCUT2D eigenvalue weighted by Gasteiger charge is -2.31. The smallest absolute Gasteiger partial charge is 0.248 e. The minimum Gasteiger partial charge on any atom is -0.387 e. The Hall–Kier alpha value is -1.14. The zero-order valence-corrected chi connectivity index (χ0v) is 13.7. The summed E-state index contributed by atoms with van der Waals surface area (Å²) in [6.45, 7) is 7.07. The maximum absolute atomic E-state index is 12.6. The predicted octanol–water partition coefficient (Wildman–Crippen LogP) is 0.162. The molecule has 2 aliphatic rings. The molecule has 2 amide bonds. The Balaban J connectivity index is 1.82. The van der Waals surface area contributed by atoms with E-state index in [2.05, 4.69) is 4.90 Å². The van der Waals surface area contributed by atoms with E-state index in [-0.39, 0.29) is 17.7 Å². The van der Waals surface area contributed by atoms with Crippen LogP contribution >= 0.6 is 0 Å². The van der Waals surface area contributed by atoms with Crippen LogP contribution in [0.4, 0.5) is 0 Å². The van der Waals surface area contributed by atoms with Crippen LogP contribution in [-0.2, 0) is 9.59 Å². The van der Waals surface area contributed by atoms with Crippen molar-refractivity contribution in [1.29, 1.82) is 0 Å². The van der Waals surface area contributed by atoms with Crippen molar-refractivity contribution in [3.63, 3.8) is 0 Å². The molecule has 22 heavy (non-hydrogen) atoms. The summed E-state index contributed by atoms with van der Waals surface area (Å²) in [6, 6.07) is 0. The van der Waals surface area contributed by atoms with E-state index in [1.54, 1.807) is 4.90 Å².